The summed E-state index contributed by atoms with van der Waals surface area (Å²) in [5, 5.41) is 8.03. The number of hydrogen-bond acceptors (Lipinski definition) is 5. The Morgan fingerprint density at radius 1 is 0.917 bits per heavy atom. The predicted molar refractivity (Wildman–Crippen MR) is 143 cm³/mol. The molecule has 1 aliphatic rings. The van der Waals surface area contributed by atoms with Crippen LogP contribution in [0.25, 0.3) is 0 Å². The van der Waals surface area contributed by atoms with Crippen LogP contribution in [0.2, 0.25) is 0 Å². The molecule has 0 radical (unpaired) electrons. The van der Waals surface area contributed by atoms with E-state index < -0.39 is 15.9 Å². The van der Waals surface area contributed by atoms with Crippen LogP contribution in [0.1, 0.15) is 56.0 Å². The number of nitrogens with one attached hydrogen (secondary N) is 1. The van der Waals surface area contributed by atoms with Gasteiger partial charge in [0, 0.05) is 18.8 Å². The predicted octanol–water partition coefficient (Wildman–Crippen LogP) is 5.67. The van der Waals surface area contributed by atoms with Crippen LogP contribution in [-0.2, 0) is 15.4 Å². The fourth-order valence-corrected chi connectivity index (χ4v) is 4.83. The van der Waals surface area contributed by atoms with Gasteiger partial charge in [-0.1, -0.05) is 45.0 Å². The van der Waals surface area contributed by atoms with E-state index >= 15 is 0 Å². The minimum absolute atomic E-state index is 0.0738. The van der Waals surface area contributed by atoms with Crippen molar-refractivity contribution in [2.45, 2.75) is 50.3 Å². The first-order valence-electron chi connectivity index (χ1n) is 12.1. The van der Waals surface area contributed by atoms with E-state index in [9.17, 15) is 13.2 Å². The Balaban J connectivity index is 1.70. The Bertz CT molecular complexity index is 1360. The molecule has 0 atom stereocenters. The van der Waals surface area contributed by atoms with E-state index in [1.165, 1.54) is 24.6 Å². The standard InChI is InChI=1S/C28H33N3O4S/c1-28(2,3)20-14-15-23(27(32)30-21-10-9-11-22(19-21)36(29,33)34)26(18-20)35-25-13-6-5-12-24(25)31-16-7-4-8-17-31/h5-6,9-15,18-19H,4,7-8,16-17H2,1-3H3,(H,30,32)(H2,29,33,34). The number of carbonyl (C=O) groups is 1. The molecule has 8 heteroatoms. The lowest BCUT2D eigenvalue weighted by molar-refractivity contribution is 0.102. The molecule has 36 heavy (non-hydrogen) atoms. The summed E-state index contributed by atoms with van der Waals surface area (Å²) in [5.41, 5.74) is 2.55. The zero-order valence-corrected chi connectivity index (χ0v) is 21.8. The molecule has 0 aromatic heterocycles. The molecule has 0 saturated carbocycles. The van der Waals surface area contributed by atoms with Crippen LogP contribution >= 0.6 is 0 Å². The fraction of sp³-hybridized carbons (Fsp3) is 0.321. The Morgan fingerprint density at radius 3 is 2.33 bits per heavy atom. The molecular weight excluding hydrogens is 474 g/mol. The van der Waals surface area contributed by atoms with Crippen molar-refractivity contribution >= 4 is 27.3 Å². The van der Waals surface area contributed by atoms with Crippen molar-refractivity contribution in [1.29, 1.82) is 0 Å². The van der Waals surface area contributed by atoms with Gasteiger partial charge in [-0.2, -0.15) is 0 Å². The first-order valence-corrected chi connectivity index (χ1v) is 13.7. The number of piperidine rings is 1. The number of benzene rings is 3. The van der Waals surface area contributed by atoms with Gasteiger partial charge in [0.15, 0.2) is 5.75 Å². The lowest BCUT2D eigenvalue weighted by Gasteiger charge is -2.30. The third-order valence-corrected chi connectivity index (χ3v) is 7.21. The van der Waals surface area contributed by atoms with Gasteiger partial charge in [0.1, 0.15) is 5.75 Å². The zero-order valence-electron chi connectivity index (χ0n) is 21.0. The van der Waals surface area contributed by atoms with E-state index in [0.29, 0.717) is 22.7 Å². The molecule has 0 spiro atoms. The summed E-state index contributed by atoms with van der Waals surface area (Å²) in [6.45, 7) is 8.25. The number of para-hydroxylation sites is 2. The summed E-state index contributed by atoms with van der Waals surface area (Å²) in [4.78, 5) is 15.6. The summed E-state index contributed by atoms with van der Waals surface area (Å²) in [6.07, 6.45) is 3.50. The quantitative estimate of drug-likeness (QED) is 0.448. The van der Waals surface area contributed by atoms with Gasteiger partial charge in [-0.3, -0.25) is 4.79 Å². The minimum atomic E-state index is -3.89. The van der Waals surface area contributed by atoms with E-state index in [4.69, 9.17) is 9.88 Å². The Labute approximate surface area is 213 Å². The molecule has 1 saturated heterocycles. The number of sulfonamides is 1. The summed E-state index contributed by atoms with van der Waals surface area (Å²) < 4.78 is 29.9. The van der Waals surface area contributed by atoms with Gasteiger partial charge in [-0.25, -0.2) is 13.6 Å². The molecule has 0 unspecified atom stereocenters. The van der Waals surface area contributed by atoms with Gasteiger partial charge in [0.05, 0.1) is 16.1 Å². The SMILES string of the molecule is CC(C)(C)c1ccc(C(=O)Nc2cccc(S(N)(=O)=O)c2)c(Oc2ccccc2N2CCCCC2)c1. The van der Waals surface area contributed by atoms with E-state index in [1.807, 2.05) is 36.4 Å². The summed E-state index contributed by atoms with van der Waals surface area (Å²) >= 11 is 0. The number of anilines is 2. The molecular formula is C28H33N3O4S. The lowest BCUT2D eigenvalue weighted by Crippen LogP contribution is -2.29. The molecule has 3 N–H and O–H groups in total. The summed E-state index contributed by atoms with van der Waals surface area (Å²) in [7, 11) is -3.89. The smallest absolute Gasteiger partial charge is 0.259 e. The Hall–Kier alpha value is -3.36. The maximum absolute atomic E-state index is 13.4. The molecule has 1 heterocycles. The van der Waals surface area contributed by atoms with E-state index in [-0.39, 0.29) is 10.3 Å². The summed E-state index contributed by atoms with van der Waals surface area (Å²) in [6, 6.07) is 19.3. The van der Waals surface area contributed by atoms with Crippen LogP contribution < -0.4 is 20.1 Å². The third-order valence-electron chi connectivity index (χ3n) is 6.29. The topological polar surface area (TPSA) is 102 Å². The average molecular weight is 508 g/mol. The molecule has 1 fully saturated rings. The number of rotatable bonds is 6. The van der Waals surface area contributed by atoms with Crippen molar-refractivity contribution in [2.75, 3.05) is 23.3 Å². The van der Waals surface area contributed by atoms with Crippen molar-refractivity contribution in [2.24, 2.45) is 5.14 Å². The van der Waals surface area contributed by atoms with Crippen LogP contribution in [-0.4, -0.2) is 27.4 Å². The van der Waals surface area contributed by atoms with Gasteiger partial charge in [-0.05, 0) is 72.7 Å². The second-order valence-electron chi connectivity index (χ2n) is 10.1. The highest BCUT2D eigenvalue weighted by molar-refractivity contribution is 7.89. The molecule has 190 valence electrons. The van der Waals surface area contributed by atoms with Crippen LogP contribution in [0.4, 0.5) is 11.4 Å². The molecule has 0 aliphatic carbocycles. The van der Waals surface area contributed by atoms with Gasteiger partial charge < -0.3 is 15.0 Å². The van der Waals surface area contributed by atoms with Gasteiger partial charge in [0.2, 0.25) is 10.0 Å². The Kier molecular flexibility index (Phi) is 7.38. The highest BCUT2D eigenvalue weighted by atomic mass is 32.2. The van der Waals surface area contributed by atoms with Crippen LogP contribution in [0.15, 0.2) is 71.6 Å². The molecule has 0 bridgehead atoms. The monoisotopic (exact) mass is 507 g/mol. The highest BCUT2D eigenvalue weighted by Gasteiger charge is 2.22. The third kappa shape index (κ3) is 6.06. The molecule has 3 aromatic carbocycles. The summed E-state index contributed by atoms with van der Waals surface area (Å²) in [5.74, 6) is 0.718. The highest BCUT2D eigenvalue weighted by Crippen LogP contribution is 2.37. The van der Waals surface area contributed by atoms with Crippen molar-refractivity contribution in [3.8, 4) is 11.5 Å². The van der Waals surface area contributed by atoms with Crippen molar-refractivity contribution in [3.05, 3.63) is 77.9 Å². The number of primary sulfonamides is 1. The number of hydrogen-bond donors (Lipinski definition) is 2. The normalized spacial score (nSPS) is 14.4. The molecule has 4 rings (SSSR count). The molecule has 1 amide bonds. The molecule has 3 aromatic rings. The largest absolute Gasteiger partial charge is 0.454 e. The molecule has 1 aliphatic heterocycles. The second-order valence-corrected chi connectivity index (χ2v) is 11.7. The average Bonchev–Trinajstić information content (AvgIpc) is 2.84. The van der Waals surface area contributed by atoms with Gasteiger partial charge >= 0.3 is 0 Å². The first-order chi connectivity index (χ1) is 17.0. The lowest BCUT2D eigenvalue weighted by atomic mass is 9.86. The number of nitrogens with two attached hydrogens (primary N) is 1. The van der Waals surface area contributed by atoms with Crippen molar-refractivity contribution < 1.29 is 17.9 Å². The van der Waals surface area contributed by atoms with Gasteiger partial charge in [0.25, 0.3) is 5.91 Å². The van der Waals surface area contributed by atoms with Crippen LogP contribution in [0.3, 0.4) is 0 Å². The Morgan fingerprint density at radius 2 is 1.64 bits per heavy atom. The van der Waals surface area contributed by atoms with Gasteiger partial charge in [-0.15, -0.1) is 0 Å². The number of ether oxygens (including phenoxy) is 1. The minimum Gasteiger partial charge on any atom is -0.454 e. The zero-order chi connectivity index (χ0) is 25.9. The van der Waals surface area contributed by atoms with E-state index in [2.05, 4.69) is 31.0 Å². The van der Waals surface area contributed by atoms with Crippen LogP contribution in [0.5, 0.6) is 11.5 Å². The second kappa shape index (κ2) is 10.3. The van der Waals surface area contributed by atoms with Crippen molar-refractivity contribution in [1.82, 2.24) is 0 Å². The number of nitrogens with zero attached hydrogens (tertiary/aromatic N) is 1. The van der Waals surface area contributed by atoms with Crippen LogP contribution in [0, 0.1) is 0 Å². The maximum atomic E-state index is 13.4. The first kappa shape index (κ1) is 25.7. The van der Waals surface area contributed by atoms with E-state index in [0.717, 1.165) is 37.2 Å². The van der Waals surface area contributed by atoms with E-state index in [1.54, 1.807) is 12.1 Å². The van der Waals surface area contributed by atoms with Crippen molar-refractivity contribution in [3.63, 3.8) is 0 Å². The number of amides is 1. The fourth-order valence-electron chi connectivity index (χ4n) is 4.27. The number of carbonyl (C=O) groups excluding carboxylic acids is 1. The maximum Gasteiger partial charge on any atom is 0.259 e. The molecule has 7 nitrogen and oxygen atoms in total.